The molecule has 0 aliphatic carbocycles. The summed E-state index contributed by atoms with van der Waals surface area (Å²) in [5, 5.41) is 23.5. The maximum absolute atomic E-state index is 10.3. The minimum atomic E-state index is -0.0871. The molecule has 0 atom stereocenters. The number of ether oxygens (including phenoxy) is 2. The number of halogens is 1. The second-order valence-corrected chi connectivity index (χ2v) is 11.0. The topological polar surface area (TPSA) is 95.9 Å². The van der Waals surface area contributed by atoms with Crippen LogP contribution in [0.15, 0.2) is 58.9 Å². The molecule has 0 unspecified atom stereocenters. The number of nitriles is 1. The number of aliphatic hydroxyl groups is 1. The molecule has 2 aromatic carbocycles. The van der Waals surface area contributed by atoms with Gasteiger partial charge in [0.1, 0.15) is 34.3 Å². The van der Waals surface area contributed by atoms with Crippen molar-refractivity contribution in [3.8, 4) is 33.5 Å². The Balaban J connectivity index is 1.52. The number of hydrogen-bond donors (Lipinski definition) is 1. The van der Waals surface area contributed by atoms with E-state index in [-0.39, 0.29) is 13.2 Å². The molecule has 2 aromatic heterocycles. The van der Waals surface area contributed by atoms with Gasteiger partial charge in [-0.1, -0.05) is 47.6 Å². The number of thioether (sulfide) groups is 1. The minimum absolute atomic E-state index is 0.0871. The molecule has 4 aromatic rings. The first-order chi connectivity index (χ1) is 19.6. The average molecular weight is 590 g/mol. The predicted molar refractivity (Wildman–Crippen MR) is 158 cm³/mol. The Morgan fingerprint density at radius 1 is 1.12 bits per heavy atom. The summed E-state index contributed by atoms with van der Waals surface area (Å²) >= 11 is 9.01. The summed E-state index contributed by atoms with van der Waals surface area (Å²) in [6.45, 7) is 10.4. The van der Waals surface area contributed by atoms with E-state index in [4.69, 9.17) is 42.7 Å². The van der Waals surface area contributed by atoms with E-state index < -0.39 is 0 Å². The van der Waals surface area contributed by atoms with E-state index >= 15 is 0 Å². The second kappa shape index (κ2) is 13.1. The van der Waals surface area contributed by atoms with Gasteiger partial charge in [0.2, 0.25) is 5.69 Å². The lowest BCUT2D eigenvalue weighted by Crippen LogP contribution is -2.37. The van der Waals surface area contributed by atoms with Gasteiger partial charge in [-0.2, -0.15) is 5.26 Å². The van der Waals surface area contributed by atoms with Gasteiger partial charge >= 0.3 is 0 Å². The van der Waals surface area contributed by atoms with Gasteiger partial charge in [-0.15, -0.1) is 11.3 Å². The first-order valence-electron chi connectivity index (χ1n) is 12.5. The number of pyridine rings is 1. The van der Waals surface area contributed by atoms with Crippen molar-refractivity contribution in [2.24, 2.45) is 0 Å². The third-order valence-corrected chi connectivity index (χ3v) is 8.36. The molecule has 0 spiro atoms. The molecule has 5 rings (SSSR count). The van der Waals surface area contributed by atoms with E-state index in [9.17, 15) is 5.26 Å². The Hall–Kier alpha value is -3.64. The van der Waals surface area contributed by atoms with Gasteiger partial charge in [0, 0.05) is 40.4 Å². The zero-order chi connectivity index (χ0) is 27.9. The van der Waals surface area contributed by atoms with Crippen LogP contribution in [-0.4, -0.2) is 54.6 Å². The van der Waals surface area contributed by atoms with Gasteiger partial charge in [-0.3, -0.25) is 0 Å². The van der Waals surface area contributed by atoms with Crippen molar-refractivity contribution < 1.29 is 14.6 Å². The first-order valence-corrected chi connectivity index (χ1v) is 14.7. The number of thiazole rings is 1. The minimum Gasteiger partial charge on any atom is -0.491 e. The van der Waals surface area contributed by atoms with Gasteiger partial charge in [0.05, 0.1) is 37.7 Å². The van der Waals surface area contributed by atoms with Crippen molar-refractivity contribution in [3.05, 3.63) is 81.6 Å². The normalized spacial score (nSPS) is 13.1. The van der Waals surface area contributed by atoms with Crippen LogP contribution in [-0.2, 0) is 10.5 Å². The molecule has 1 aliphatic heterocycles. The third kappa shape index (κ3) is 6.23. The number of aliphatic hydroxyl groups excluding tert-OH is 1. The highest BCUT2D eigenvalue weighted by molar-refractivity contribution is 7.98. The molecule has 1 N–H and O–H groups in total. The summed E-state index contributed by atoms with van der Waals surface area (Å²) in [4.78, 5) is 15.6. The zero-order valence-electron chi connectivity index (χ0n) is 21.3. The van der Waals surface area contributed by atoms with Crippen molar-refractivity contribution in [1.29, 1.82) is 5.26 Å². The predicted octanol–water partition coefficient (Wildman–Crippen LogP) is 6.45. The Kier molecular flexibility index (Phi) is 9.17. The lowest BCUT2D eigenvalue weighted by molar-refractivity contribution is 0.122. The van der Waals surface area contributed by atoms with Gasteiger partial charge in [-0.05, 0) is 29.8 Å². The van der Waals surface area contributed by atoms with Crippen LogP contribution in [0.4, 0.5) is 11.5 Å². The summed E-state index contributed by atoms with van der Waals surface area (Å²) in [7, 11) is 0. The van der Waals surface area contributed by atoms with E-state index in [2.05, 4.69) is 10.9 Å². The van der Waals surface area contributed by atoms with Crippen LogP contribution in [0, 0.1) is 17.9 Å². The highest BCUT2D eigenvalue weighted by Gasteiger charge is 2.26. The first kappa shape index (κ1) is 27.9. The summed E-state index contributed by atoms with van der Waals surface area (Å²) in [5.41, 5.74) is 3.82. The van der Waals surface area contributed by atoms with E-state index in [0.717, 1.165) is 21.8 Å². The van der Waals surface area contributed by atoms with Crippen LogP contribution in [0.3, 0.4) is 0 Å². The SMILES string of the molecule is [C-]#[N+]c1c(N2CCOCC2)nc(SCc2csc(-c3ccc(Cl)cc3)n2)c(C#N)c1-c1ccc(OCCO)cc1. The van der Waals surface area contributed by atoms with E-state index in [0.29, 0.717) is 70.5 Å². The highest BCUT2D eigenvalue weighted by Crippen LogP contribution is 2.44. The van der Waals surface area contributed by atoms with Gasteiger partial charge in [0.25, 0.3) is 0 Å². The third-order valence-electron chi connectivity index (χ3n) is 6.16. The standard InChI is InChI=1S/C29H24ClN5O3S2/c1-32-26-25(19-4-8-23(9-5-19)38-15-12-36)24(16-31)29(34-27(26)35-10-13-37-14-11-35)40-18-22-17-39-28(33-22)20-2-6-21(30)7-3-20/h2-9,17,36H,10-15,18H2. The highest BCUT2D eigenvalue weighted by atomic mass is 35.5. The largest absolute Gasteiger partial charge is 0.491 e. The van der Waals surface area contributed by atoms with E-state index in [1.54, 1.807) is 23.5 Å². The smallest absolute Gasteiger partial charge is 0.237 e. The van der Waals surface area contributed by atoms with Gasteiger partial charge in [-0.25, -0.2) is 14.8 Å². The number of benzene rings is 2. The monoisotopic (exact) mass is 589 g/mol. The molecule has 8 nitrogen and oxygen atoms in total. The molecule has 0 amide bonds. The summed E-state index contributed by atoms with van der Waals surface area (Å²) < 4.78 is 11.0. The number of hydrogen-bond acceptors (Lipinski definition) is 9. The lowest BCUT2D eigenvalue weighted by atomic mass is 9.99. The molecule has 11 heteroatoms. The molecule has 3 heterocycles. The fraction of sp³-hybridized carbons (Fsp3) is 0.241. The van der Waals surface area contributed by atoms with Crippen molar-refractivity contribution in [2.45, 2.75) is 10.8 Å². The van der Waals surface area contributed by atoms with Crippen LogP contribution in [0.2, 0.25) is 5.02 Å². The van der Waals surface area contributed by atoms with Crippen LogP contribution >= 0.6 is 34.7 Å². The van der Waals surface area contributed by atoms with Crippen molar-refractivity contribution in [2.75, 3.05) is 44.4 Å². The molecule has 0 radical (unpaired) electrons. The second-order valence-electron chi connectivity index (χ2n) is 8.70. The number of aromatic nitrogens is 2. The van der Waals surface area contributed by atoms with E-state index in [1.807, 2.05) is 46.7 Å². The Morgan fingerprint density at radius 3 is 2.52 bits per heavy atom. The number of rotatable bonds is 9. The summed E-state index contributed by atoms with van der Waals surface area (Å²) in [5.74, 6) is 1.66. The van der Waals surface area contributed by atoms with Gasteiger partial charge < -0.3 is 19.5 Å². The average Bonchev–Trinajstić information content (AvgIpc) is 3.48. The molecule has 202 valence electrons. The molecule has 1 saturated heterocycles. The molecular formula is C29H24ClN5O3S2. The molecule has 1 fully saturated rings. The Bertz CT molecular complexity index is 1560. The Morgan fingerprint density at radius 2 is 1.85 bits per heavy atom. The molecule has 0 saturated carbocycles. The fourth-order valence-corrected chi connectivity index (χ4v) is 6.19. The van der Waals surface area contributed by atoms with Crippen LogP contribution in [0.5, 0.6) is 5.75 Å². The maximum atomic E-state index is 10.3. The van der Waals surface area contributed by atoms with Crippen molar-refractivity contribution >= 4 is 46.2 Å². The van der Waals surface area contributed by atoms with Crippen LogP contribution in [0.1, 0.15) is 11.3 Å². The van der Waals surface area contributed by atoms with Crippen LogP contribution < -0.4 is 9.64 Å². The summed E-state index contributed by atoms with van der Waals surface area (Å²) in [6.07, 6.45) is 0. The number of anilines is 1. The van der Waals surface area contributed by atoms with Crippen LogP contribution in [0.25, 0.3) is 26.5 Å². The zero-order valence-corrected chi connectivity index (χ0v) is 23.7. The van der Waals surface area contributed by atoms with E-state index in [1.165, 1.54) is 11.8 Å². The van der Waals surface area contributed by atoms with Gasteiger partial charge in [0.15, 0.2) is 0 Å². The summed E-state index contributed by atoms with van der Waals surface area (Å²) in [6, 6.07) is 17.1. The van der Waals surface area contributed by atoms with Crippen molar-refractivity contribution in [1.82, 2.24) is 9.97 Å². The lowest BCUT2D eigenvalue weighted by Gasteiger charge is -2.30. The number of nitrogens with zero attached hydrogens (tertiary/aromatic N) is 5. The Labute approximate surface area is 245 Å². The molecule has 0 bridgehead atoms. The van der Waals surface area contributed by atoms with Crippen molar-refractivity contribution in [3.63, 3.8) is 0 Å². The fourth-order valence-electron chi connectivity index (χ4n) is 4.25. The number of morpholine rings is 1. The maximum Gasteiger partial charge on any atom is 0.237 e. The molecular weight excluding hydrogens is 566 g/mol. The molecule has 40 heavy (non-hydrogen) atoms. The quantitative estimate of drug-likeness (QED) is 0.176. The molecule has 1 aliphatic rings.